The van der Waals surface area contributed by atoms with Crippen molar-refractivity contribution in [1.82, 2.24) is 0 Å². The van der Waals surface area contributed by atoms with E-state index in [-0.39, 0.29) is 99.4 Å². The van der Waals surface area contributed by atoms with E-state index in [4.69, 9.17) is 0 Å². The summed E-state index contributed by atoms with van der Waals surface area (Å²) in [5.74, 6) is -1.30. The Morgan fingerprint density at radius 3 is 1.81 bits per heavy atom. The topological polar surface area (TPSA) is 235 Å². The van der Waals surface area contributed by atoms with E-state index in [2.05, 4.69) is 5.32 Å². The van der Waals surface area contributed by atoms with E-state index in [0.29, 0.717) is 6.07 Å². The molecule has 1 amide bonds. The summed E-state index contributed by atoms with van der Waals surface area (Å²) in [6, 6.07) is 6.43. The minimum atomic E-state index is -5.14. The van der Waals surface area contributed by atoms with Gasteiger partial charge in [0.2, 0.25) is 0 Å². The van der Waals surface area contributed by atoms with Crippen molar-refractivity contribution in [2.24, 2.45) is 0 Å². The van der Waals surface area contributed by atoms with Crippen LogP contribution in [0.5, 0.6) is 0 Å². The summed E-state index contributed by atoms with van der Waals surface area (Å²) in [6.45, 7) is 0. The van der Waals surface area contributed by atoms with Crippen molar-refractivity contribution in [2.45, 2.75) is 14.7 Å². The molecule has 0 saturated carbocycles. The first-order chi connectivity index (χ1) is 15.5. The van der Waals surface area contributed by atoms with Crippen molar-refractivity contribution in [3.05, 3.63) is 64.2 Å². The second-order valence-corrected chi connectivity index (χ2v) is 10.9. The number of fused-ring (bicyclic) bond motifs is 1. The average Bonchev–Trinajstić information content (AvgIpc) is 2.70. The Labute approximate surface area is 276 Å². The second-order valence-electron chi connectivity index (χ2n) is 6.67. The second kappa shape index (κ2) is 13.2. The van der Waals surface area contributed by atoms with Crippen molar-refractivity contribution in [3.8, 4) is 0 Å². The summed E-state index contributed by atoms with van der Waals surface area (Å²) in [4.78, 5) is 20.3. The molecule has 0 aromatic heterocycles. The monoisotopic (exact) mass is 604 g/mol. The van der Waals surface area contributed by atoms with Crippen LogP contribution in [0.1, 0.15) is 10.4 Å². The van der Waals surface area contributed by atoms with Gasteiger partial charge in [-0.25, -0.2) is 0 Å². The van der Waals surface area contributed by atoms with Crippen LogP contribution in [0.2, 0.25) is 0 Å². The maximum absolute atomic E-state index is 12.8. The molecule has 37 heavy (non-hydrogen) atoms. The van der Waals surface area contributed by atoms with Gasteiger partial charge >= 0.3 is 88.7 Å². The predicted molar refractivity (Wildman–Crippen MR) is 136 cm³/mol. The van der Waals surface area contributed by atoms with Crippen LogP contribution in [-0.2, 0) is 30.4 Å². The molecule has 4 N–H and O–H groups in total. The molecule has 0 aliphatic carbocycles. The molecule has 0 fully saturated rings. The first kappa shape index (κ1) is 36.5. The van der Waals surface area contributed by atoms with Crippen LogP contribution in [0.3, 0.4) is 0 Å². The zero-order chi connectivity index (χ0) is 25.6. The molecule has 14 nitrogen and oxygen atoms in total. The van der Waals surface area contributed by atoms with E-state index in [9.17, 15) is 53.8 Å². The van der Waals surface area contributed by atoms with Crippen LogP contribution in [0.4, 0.5) is 11.4 Å². The number of hydrogen-bond acceptors (Lipinski definition) is 9. The third kappa shape index (κ3) is 8.75. The third-order valence-electron chi connectivity index (χ3n) is 4.44. The summed E-state index contributed by atoms with van der Waals surface area (Å²) in [5.41, 5.74) is -1.98. The maximum atomic E-state index is 12.8. The summed E-state index contributed by atoms with van der Waals surface area (Å²) >= 11 is 0. The molecular formula is C17H15N2Na3O12S3. The van der Waals surface area contributed by atoms with Gasteiger partial charge in [-0.05, 0) is 35.7 Å². The number of amides is 1. The Morgan fingerprint density at radius 1 is 0.757 bits per heavy atom. The Kier molecular flexibility index (Phi) is 13.1. The van der Waals surface area contributed by atoms with Crippen LogP contribution in [-0.4, -0.2) is 138 Å². The minimum absolute atomic E-state index is 0. The SMILES string of the molecule is O=C(Nc1cc(S(=O)(=O)O)cc2ccc(S(=O)(=O)O)cc12)c1ccc([N+](=O)[O-])cc1S(=O)(=O)O.[NaH].[NaH].[NaH]. The molecule has 0 unspecified atom stereocenters. The molecule has 20 heteroatoms. The number of hydrogen-bond donors (Lipinski definition) is 4. The summed E-state index contributed by atoms with van der Waals surface area (Å²) in [6.07, 6.45) is 0. The number of carbonyl (C=O) groups is 1. The van der Waals surface area contributed by atoms with Gasteiger partial charge in [0.1, 0.15) is 4.90 Å². The third-order valence-corrected chi connectivity index (χ3v) is 7.02. The average molecular weight is 604 g/mol. The van der Waals surface area contributed by atoms with Crippen molar-refractivity contribution in [2.75, 3.05) is 5.32 Å². The fourth-order valence-electron chi connectivity index (χ4n) is 2.94. The standard InChI is InChI=1S/C17H12N2O12S3.3Na.3H/c20-17(13-4-2-10(19(21)22)6-16(13)34(29,30)31)18-15-8-12(33(26,27)28)5-9-1-3-11(7-14(9)15)32(23,24)25;;;;;;/h1-8H,(H,18,20)(H,23,24,25)(H,26,27,28)(H,29,30,31);;;;;;. The quantitative estimate of drug-likeness (QED) is 0.124. The number of benzene rings is 3. The van der Waals surface area contributed by atoms with Crippen molar-refractivity contribution >= 4 is 147 Å². The molecule has 0 radical (unpaired) electrons. The van der Waals surface area contributed by atoms with E-state index in [1.54, 1.807) is 0 Å². The molecule has 0 saturated heterocycles. The van der Waals surface area contributed by atoms with E-state index in [0.717, 1.165) is 42.5 Å². The van der Waals surface area contributed by atoms with Crippen molar-refractivity contribution in [3.63, 3.8) is 0 Å². The summed E-state index contributed by atoms with van der Waals surface area (Å²) in [7, 11) is -14.7. The fraction of sp³-hybridized carbons (Fsp3) is 0. The van der Waals surface area contributed by atoms with Gasteiger partial charge in [0.15, 0.2) is 0 Å². The van der Waals surface area contributed by atoms with Gasteiger partial charge < -0.3 is 5.32 Å². The molecule has 0 aliphatic heterocycles. The Hall–Kier alpha value is -0.480. The fourth-order valence-corrected chi connectivity index (χ4v) is 4.70. The van der Waals surface area contributed by atoms with Crippen molar-refractivity contribution in [1.29, 1.82) is 0 Å². The van der Waals surface area contributed by atoms with E-state index in [1.165, 1.54) is 0 Å². The number of nitro groups is 1. The van der Waals surface area contributed by atoms with Gasteiger partial charge in [-0.3, -0.25) is 28.6 Å². The van der Waals surface area contributed by atoms with Crippen LogP contribution >= 0.6 is 0 Å². The van der Waals surface area contributed by atoms with Gasteiger partial charge in [0.05, 0.1) is 26.0 Å². The van der Waals surface area contributed by atoms with Crippen LogP contribution in [0, 0.1) is 10.1 Å². The first-order valence-electron chi connectivity index (χ1n) is 8.58. The van der Waals surface area contributed by atoms with Gasteiger partial charge in [-0.15, -0.1) is 0 Å². The molecule has 3 aromatic carbocycles. The predicted octanol–water partition coefficient (Wildman–Crippen LogP) is -0.205. The number of non-ortho nitro benzene ring substituents is 1. The van der Waals surface area contributed by atoms with Gasteiger partial charge in [-0.2, -0.15) is 25.3 Å². The number of carbonyl (C=O) groups excluding carboxylic acids is 1. The molecule has 0 spiro atoms. The molecule has 0 bridgehead atoms. The number of nitro benzene ring substituents is 1. The number of nitrogens with zero attached hydrogens (tertiary/aromatic N) is 1. The summed E-state index contributed by atoms with van der Waals surface area (Å²) < 4.78 is 97.7. The number of nitrogens with one attached hydrogen (secondary N) is 1. The Balaban J connectivity index is 0.00000432. The van der Waals surface area contributed by atoms with Crippen molar-refractivity contribution < 1.29 is 48.6 Å². The molecular weight excluding hydrogens is 589 g/mol. The van der Waals surface area contributed by atoms with Crippen LogP contribution < -0.4 is 5.32 Å². The number of anilines is 1. The van der Waals surface area contributed by atoms with Crippen LogP contribution in [0.15, 0.2) is 63.2 Å². The van der Waals surface area contributed by atoms with Crippen LogP contribution in [0.25, 0.3) is 10.8 Å². The van der Waals surface area contributed by atoms with Gasteiger partial charge in [0, 0.05) is 17.5 Å². The Morgan fingerprint density at radius 2 is 1.32 bits per heavy atom. The molecule has 186 valence electrons. The normalized spacial score (nSPS) is 11.4. The Bertz CT molecular complexity index is 1710. The first-order valence-corrected chi connectivity index (χ1v) is 12.9. The van der Waals surface area contributed by atoms with E-state index in [1.807, 2.05) is 0 Å². The van der Waals surface area contributed by atoms with Gasteiger partial charge in [0.25, 0.3) is 41.9 Å². The zero-order valence-electron chi connectivity index (χ0n) is 16.3. The molecule has 3 aromatic rings. The van der Waals surface area contributed by atoms with E-state index >= 15 is 0 Å². The molecule has 3 rings (SSSR count). The van der Waals surface area contributed by atoms with Gasteiger partial charge in [-0.1, -0.05) is 6.07 Å². The molecule has 0 aliphatic rings. The summed E-state index contributed by atoms with van der Waals surface area (Å²) in [5, 5.41) is 12.9. The zero-order valence-corrected chi connectivity index (χ0v) is 18.8. The molecule has 0 atom stereocenters. The van der Waals surface area contributed by atoms with E-state index < -0.39 is 72.8 Å². The molecule has 0 heterocycles. The number of rotatable bonds is 6.